The van der Waals surface area contributed by atoms with Gasteiger partial charge in [-0.2, -0.15) is 18.2 Å². The third-order valence-electron chi connectivity index (χ3n) is 6.45. The lowest BCUT2D eigenvalue weighted by Crippen LogP contribution is -2.62. The molecule has 0 spiro atoms. The van der Waals surface area contributed by atoms with Gasteiger partial charge in [-0.1, -0.05) is 48.0 Å². The Kier molecular flexibility index (Phi) is 6.03. The molecule has 2 aromatic rings. The molecular weight excluding hydrogens is 503 g/mol. The van der Waals surface area contributed by atoms with Gasteiger partial charge in [0.2, 0.25) is 0 Å². The Balaban J connectivity index is 1.73. The van der Waals surface area contributed by atoms with Crippen LogP contribution in [0.5, 0.6) is 0 Å². The molecule has 35 heavy (non-hydrogen) atoms. The first-order valence-electron chi connectivity index (χ1n) is 10.8. The Morgan fingerprint density at radius 2 is 1.86 bits per heavy atom. The van der Waals surface area contributed by atoms with Crippen LogP contribution < -0.4 is 0 Å². The van der Waals surface area contributed by atoms with E-state index in [1.54, 1.807) is 17.1 Å². The Morgan fingerprint density at radius 1 is 1.14 bits per heavy atom. The molecular formula is C24H21ClF3N3O3S. The SMILES string of the molecule is CC(N1CN(C2c3ccccc3CSc3c(Cl)cccc32)N2C=CC(O)C(O)=C2C1=O)C(F)(F)F. The van der Waals surface area contributed by atoms with Crippen LogP contribution >= 0.6 is 23.4 Å². The van der Waals surface area contributed by atoms with E-state index in [9.17, 15) is 28.2 Å². The summed E-state index contributed by atoms with van der Waals surface area (Å²) in [7, 11) is 0. The predicted octanol–water partition coefficient (Wildman–Crippen LogP) is 4.96. The first-order valence-corrected chi connectivity index (χ1v) is 12.2. The van der Waals surface area contributed by atoms with Gasteiger partial charge in [0, 0.05) is 16.8 Å². The number of fused-ring (bicyclic) bond motifs is 3. The zero-order valence-corrected chi connectivity index (χ0v) is 20.0. The van der Waals surface area contributed by atoms with Gasteiger partial charge >= 0.3 is 6.18 Å². The van der Waals surface area contributed by atoms with Crippen molar-refractivity contribution in [2.75, 3.05) is 6.67 Å². The average Bonchev–Trinajstić information content (AvgIpc) is 2.98. The Bertz CT molecular complexity index is 1250. The van der Waals surface area contributed by atoms with Crippen LogP contribution in [0.25, 0.3) is 0 Å². The van der Waals surface area contributed by atoms with Gasteiger partial charge in [0.15, 0.2) is 11.5 Å². The van der Waals surface area contributed by atoms with Crippen molar-refractivity contribution in [3.63, 3.8) is 0 Å². The van der Waals surface area contributed by atoms with Crippen molar-refractivity contribution in [2.24, 2.45) is 0 Å². The van der Waals surface area contributed by atoms with Gasteiger partial charge in [-0.05, 0) is 35.8 Å². The third kappa shape index (κ3) is 3.98. The fraction of sp³-hybridized carbons (Fsp3) is 0.292. The molecule has 0 bridgehead atoms. The Hall–Kier alpha value is -2.66. The second-order valence-electron chi connectivity index (χ2n) is 8.49. The predicted molar refractivity (Wildman–Crippen MR) is 125 cm³/mol. The zero-order chi connectivity index (χ0) is 25.1. The average molecular weight is 524 g/mol. The lowest BCUT2D eigenvalue weighted by molar-refractivity contribution is -0.204. The molecule has 11 heteroatoms. The number of aliphatic hydroxyl groups excluding tert-OH is 2. The summed E-state index contributed by atoms with van der Waals surface area (Å²) in [5.41, 5.74) is 2.16. The molecule has 0 aromatic heterocycles. The van der Waals surface area contributed by atoms with Gasteiger partial charge < -0.3 is 15.1 Å². The van der Waals surface area contributed by atoms with Crippen LogP contribution in [0.15, 0.2) is 71.1 Å². The van der Waals surface area contributed by atoms with Crippen LogP contribution in [0, 0.1) is 0 Å². The molecule has 3 aliphatic heterocycles. The summed E-state index contributed by atoms with van der Waals surface area (Å²) >= 11 is 8.07. The number of aliphatic hydroxyl groups is 2. The van der Waals surface area contributed by atoms with Crippen LogP contribution in [-0.4, -0.2) is 56.0 Å². The van der Waals surface area contributed by atoms with Gasteiger partial charge in [0.05, 0.1) is 17.7 Å². The van der Waals surface area contributed by atoms with E-state index in [0.717, 1.165) is 28.5 Å². The van der Waals surface area contributed by atoms with Crippen LogP contribution in [0.4, 0.5) is 13.2 Å². The minimum atomic E-state index is -4.69. The second-order valence-corrected chi connectivity index (χ2v) is 9.88. The summed E-state index contributed by atoms with van der Waals surface area (Å²) in [4.78, 5) is 14.7. The van der Waals surface area contributed by atoms with Crippen LogP contribution in [0.2, 0.25) is 5.02 Å². The molecule has 1 fully saturated rings. The van der Waals surface area contributed by atoms with E-state index < -0.39 is 48.4 Å². The number of carbonyl (C=O) groups excluding carboxylic acids is 1. The minimum absolute atomic E-state index is 0.410. The maximum absolute atomic E-state index is 13.8. The van der Waals surface area contributed by atoms with Crippen molar-refractivity contribution in [1.82, 2.24) is 14.9 Å². The van der Waals surface area contributed by atoms with Gasteiger partial charge in [-0.15, -0.1) is 11.8 Å². The normalized spacial score (nSPS) is 23.5. The molecule has 2 aromatic carbocycles. The van der Waals surface area contributed by atoms with Crippen molar-refractivity contribution in [3.05, 3.63) is 87.9 Å². The molecule has 3 heterocycles. The Morgan fingerprint density at radius 3 is 2.60 bits per heavy atom. The molecule has 1 saturated heterocycles. The fourth-order valence-corrected chi connectivity index (χ4v) is 6.04. The number of amides is 1. The molecule has 0 aliphatic carbocycles. The van der Waals surface area contributed by atoms with Gasteiger partial charge in [-0.25, -0.2) is 0 Å². The van der Waals surface area contributed by atoms with E-state index in [-0.39, 0.29) is 0 Å². The molecule has 6 nitrogen and oxygen atoms in total. The second kappa shape index (κ2) is 8.77. The molecule has 3 aliphatic rings. The van der Waals surface area contributed by atoms with Gasteiger partial charge in [-0.3, -0.25) is 9.80 Å². The molecule has 0 saturated carbocycles. The molecule has 3 atom stereocenters. The highest BCUT2D eigenvalue weighted by molar-refractivity contribution is 7.98. The maximum Gasteiger partial charge on any atom is 0.408 e. The lowest BCUT2D eigenvalue weighted by Gasteiger charge is -2.50. The monoisotopic (exact) mass is 523 g/mol. The van der Waals surface area contributed by atoms with E-state index in [1.165, 1.54) is 29.0 Å². The summed E-state index contributed by atoms with van der Waals surface area (Å²) in [6.07, 6.45) is -3.52. The highest BCUT2D eigenvalue weighted by atomic mass is 35.5. The highest BCUT2D eigenvalue weighted by Crippen LogP contribution is 2.47. The fourth-order valence-electron chi connectivity index (χ4n) is 4.58. The van der Waals surface area contributed by atoms with Crippen LogP contribution in [0.1, 0.15) is 29.7 Å². The summed E-state index contributed by atoms with van der Waals surface area (Å²) < 4.78 is 41.3. The molecule has 5 rings (SSSR count). The van der Waals surface area contributed by atoms with Gasteiger partial charge in [0.1, 0.15) is 12.1 Å². The van der Waals surface area contributed by atoms with Gasteiger partial charge in [0.25, 0.3) is 5.91 Å². The summed E-state index contributed by atoms with van der Waals surface area (Å²) in [6, 6.07) is 10.2. The highest BCUT2D eigenvalue weighted by Gasteiger charge is 2.50. The number of hydrogen-bond acceptors (Lipinski definition) is 6. The number of halogens is 4. The number of carbonyl (C=O) groups is 1. The molecule has 1 amide bonds. The smallest absolute Gasteiger partial charge is 0.408 e. The van der Waals surface area contributed by atoms with E-state index in [1.807, 2.05) is 30.3 Å². The number of rotatable bonds is 2. The first-order chi connectivity index (χ1) is 16.6. The summed E-state index contributed by atoms with van der Waals surface area (Å²) in [5, 5.41) is 24.2. The number of nitrogens with zero attached hydrogens (tertiary/aromatic N) is 3. The van der Waals surface area contributed by atoms with Crippen molar-refractivity contribution in [1.29, 1.82) is 0 Å². The number of alkyl halides is 3. The standard InChI is InChI=1S/C24H21ClF3N3O3S/c1-13(24(26,27)28)29-12-31(30-10-9-18(32)21(33)20(30)23(29)34)19-15-6-3-2-5-14(15)11-35-22-16(19)7-4-8-17(22)25/h2-10,13,18-19,32-33H,11-12H2,1H3. The largest absolute Gasteiger partial charge is 0.507 e. The molecule has 2 N–H and O–H groups in total. The third-order valence-corrected chi connectivity index (χ3v) is 8.08. The summed E-state index contributed by atoms with van der Waals surface area (Å²) in [5.74, 6) is -1.12. The lowest BCUT2D eigenvalue weighted by atomic mass is 9.94. The van der Waals surface area contributed by atoms with E-state index in [0.29, 0.717) is 15.7 Å². The summed E-state index contributed by atoms with van der Waals surface area (Å²) in [6.45, 7) is 0.493. The van der Waals surface area contributed by atoms with Crippen molar-refractivity contribution < 1.29 is 28.2 Å². The van der Waals surface area contributed by atoms with E-state index in [2.05, 4.69) is 0 Å². The van der Waals surface area contributed by atoms with E-state index >= 15 is 0 Å². The number of hydrazine groups is 1. The van der Waals surface area contributed by atoms with Crippen LogP contribution in [-0.2, 0) is 10.5 Å². The number of thioether (sulfide) groups is 1. The van der Waals surface area contributed by atoms with Crippen molar-refractivity contribution in [3.8, 4) is 0 Å². The number of benzene rings is 2. The Labute approximate surface area is 208 Å². The first kappa shape index (κ1) is 24.1. The zero-order valence-electron chi connectivity index (χ0n) is 18.4. The molecule has 3 unspecified atom stereocenters. The van der Waals surface area contributed by atoms with Crippen molar-refractivity contribution >= 4 is 29.3 Å². The number of hydrogen-bond donors (Lipinski definition) is 2. The maximum atomic E-state index is 13.8. The van der Waals surface area contributed by atoms with Crippen molar-refractivity contribution in [2.45, 2.75) is 41.9 Å². The topological polar surface area (TPSA) is 67.2 Å². The van der Waals surface area contributed by atoms with Crippen LogP contribution in [0.3, 0.4) is 0 Å². The molecule has 0 radical (unpaired) electrons. The quantitative estimate of drug-likeness (QED) is 0.580. The minimum Gasteiger partial charge on any atom is -0.507 e. The molecule has 184 valence electrons. The van der Waals surface area contributed by atoms with E-state index in [4.69, 9.17) is 11.6 Å².